The Morgan fingerprint density at radius 3 is 2.78 bits per heavy atom. The number of rotatable bonds is 2. The van der Waals surface area contributed by atoms with E-state index in [4.69, 9.17) is 0 Å². The van der Waals surface area contributed by atoms with Gasteiger partial charge < -0.3 is 0 Å². The molecule has 0 saturated carbocycles. The zero-order valence-corrected chi connectivity index (χ0v) is 13.8. The van der Waals surface area contributed by atoms with E-state index in [0.717, 1.165) is 28.9 Å². The minimum Gasteiger partial charge on any atom is -0.272 e. The van der Waals surface area contributed by atoms with Gasteiger partial charge in [-0.05, 0) is 24.5 Å². The topological polar surface area (TPSA) is 55.2 Å². The standard InChI is InChI=1S/C16H18FN3O2S/c1-19-14-7-11-8-20(23(2,21)22)9-13(11)15(14)16(18-19)10-4-3-5-12(17)6-10/h3-6,11,13H,7-9H2,1-2H3/t11-,13+/m0/s1. The van der Waals surface area contributed by atoms with Crippen molar-refractivity contribution in [3.8, 4) is 11.3 Å². The van der Waals surface area contributed by atoms with Crippen LogP contribution >= 0.6 is 0 Å². The number of fused-ring (bicyclic) bond motifs is 3. The highest BCUT2D eigenvalue weighted by Crippen LogP contribution is 2.47. The number of aryl methyl sites for hydroxylation is 1. The molecule has 0 radical (unpaired) electrons. The van der Waals surface area contributed by atoms with Crippen LogP contribution in [-0.2, 0) is 23.5 Å². The molecule has 1 aliphatic heterocycles. The Bertz CT molecular complexity index is 891. The van der Waals surface area contributed by atoms with Crippen LogP contribution < -0.4 is 0 Å². The Balaban J connectivity index is 1.79. The second kappa shape index (κ2) is 4.88. The second-order valence-corrected chi connectivity index (χ2v) is 8.48. The van der Waals surface area contributed by atoms with E-state index in [1.54, 1.807) is 10.4 Å². The lowest BCUT2D eigenvalue weighted by molar-refractivity contribution is 0.458. The van der Waals surface area contributed by atoms with Gasteiger partial charge in [-0.2, -0.15) is 5.10 Å². The van der Waals surface area contributed by atoms with Gasteiger partial charge in [0.25, 0.3) is 0 Å². The van der Waals surface area contributed by atoms with Crippen molar-refractivity contribution in [3.63, 3.8) is 0 Å². The van der Waals surface area contributed by atoms with Gasteiger partial charge in [-0.1, -0.05) is 12.1 Å². The molecule has 2 aromatic rings. The van der Waals surface area contributed by atoms with Crippen LogP contribution in [0.1, 0.15) is 17.2 Å². The molecule has 4 rings (SSSR count). The first-order valence-electron chi connectivity index (χ1n) is 7.61. The van der Waals surface area contributed by atoms with Crippen LogP contribution in [0.15, 0.2) is 24.3 Å². The predicted octanol–water partition coefficient (Wildman–Crippen LogP) is 1.76. The van der Waals surface area contributed by atoms with Gasteiger partial charge >= 0.3 is 0 Å². The Hall–Kier alpha value is -1.73. The molecule has 23 heavy (non-hydrogen) atoms. The molecular formula is C16H18FN3O2S. The molecule has 0 N–H and O–H groups in total. The monoisotopic (exact) mass is 335 g/mol. The molecule has 2 aliphatic rings. The van der Waals surface area contributed by atoms with Gasteiger partial charge in [-0.3, -0.25) is 4.68 Å². The fraction of sp³-hybridized carbons (Fsp3) is 0.438. The molecule has 2 atom stereocenters. The third-order valence-corrected chi connectivity index (χ3v) is 6.24. The maximum Gasteiger partial charge on any atom is 0.211 e. The maximum atomic E-state index is 13.6. The summed E-state index contributed by atoms with van der Waals surface area (Å²) >= 11 is 0. The number of hydrogen-bond donors (Lipinski definition) is 0. The van der Waals surface area contributed by atoms with Crippen molar-refractivity contribution in [2.45, 2.75) is 12.3 Å². The third-order valence-electron chi connectivity index (χ3n) is 5.01. The van der Waals surface area contributed by atoms with E-state index >= 15 is 0 Å². The Kier molecular flexibility index (Phi) is 3.15. The van der Waals surface area contributed by atoms with Gasteiger partial charge in [-0.25, -0.2) is 17.1 Å². The summed E-state index contributed by atoms with van der Waals surface area (Å²) in [5, 5.41) is 4.57. The second-order valence-electron chi connectivity index (χ2n) is 6.49. The van der Waals surface area contributed by atoms with Gasteiger partial charge in [0, 0.05) is 42.9 Å². The van der Waals surface area contributed by atoms with Gasteiger partial charge in [0.1, 0.15) is 5.82 Å². The third kappa shape index (κ3) is 2.30. The minimum absolute atomic E-state index is 0.145. The van der Waals surface area contributed by atoms with E-state index in [-0.39, 0.29) is 17.7 Å². The van der Waals surface area contributed by atoms with Crippen molar-refractivity contribution in [1.82, 2.24) is 14.1 Å². The van der Waals surface area contributed by atoms with Crippen LogP contribution in [0, 0.1) is 11.7 Å². The Labute approximate surface area is 134 Å². The van der Waals surface area contributed by atoms with E-state index in [0.29, 0.717) is 13.1 Å². The first kappa shape index (κ1) is 14.8. The van der Waals surface area contributed by atoms with Crippen LogP contribution in [0.2, 0.25) is 0 Å². The smallest absolute Gasteiger partial charge is 0.211 e. The number of aromatic nitrogens is 2. The fourth-order valence-electron chi connectivity index (χ4n) is 3.94. The predicted molar refractivity (Wildman–Crippen MR) is 85.0 cm³/mol. The summed E-state index contributed by atoms with van der Waals surface area (Å²) in [7, 11) is -1.28. The fourth-order valence-corrected chi connectivity index (χ4v) is 4.83. The molecule has 7 heteroatoms. The summed E-state index contributed by atoms with van der Waals surface area (Å²) in [6.45, 7) is 1.05. The normalized spacial score (nSPS) is 24.0. The first-order chi connectivity index (χ1) is 10.8. The molecule has 0 bridgehead atoms. The number of hydrogen-bond acceptors (Lipinski definition) is 3. The molecule has 1 saturated heterocycles. The SMILES string of the molecule is Cn1nc(-c2cccc(F)c2)c2c1C[C@H]1CN(S(C)(=O)=O)C[C@@H]21. The van der Waals surface area contributed by atoms with E-state index in [1.807, 2.05) is 17.8 Å². The summed E-state index contributed by atoms with van der Waals surface area (Å²) in [6, 6.07) is 6.42. The average Bonchev–Trinajstić information content (AvgIpc) is 3.09. The van der Waals surface area contributed by atoms with Gasteiger partial charge in [0.2, 0.25) is 10.0 Å². The lowest BCUT2D eigenvalue weighted by Gasteiger charge is -2.13. The molecule has 5 nitrogen and oxygen atoms in total. The molecule has 122 valence electrons. The molecule has 1 aliphatic carbocycles. The maximum absolute atomic E-state index is 13.6. The number of sulfonamides is 1. The molecule has 1 aromatic carbocycles. The summed E-state index contributed by atoms with van der Waals surface area (Å²) in [6.07, 6.45) is 2.08. The molecule has 1 fully saturated rings. The van der Waals surface area contributed by atoms with Crippen molar-refractivity contribution < 1.29 is 12.8 Å². The van der Waals surface area contributed by atoms with Crippen molar-refractivity contribution in [2.75, 3.05) is 19.3 Å². The lowest BCUT2D eigenvalue weighted by atomic mass is 9.94. The largest absolute Gasteiger partial charge is 0.272 e. The summed E-state index contributed by atoms with van der Waals surface area (Å²) in [5.74, 6) is 0.142. The van der Waals surface area contributed by atoms with Gasteiger partial charge in [0.15, 0.2) is 0 Å². The van der Waals surface area contributed by atoms with E-state index in [1.165, 1.54) is 18.4 Å². The van der Waals surface area contributed by atoms with Crippen LogP contribution in [0.3, 0.4) is 0 Å². The quantitative estimate of drug-likeness (QED) is 0.840. The Morgan fingerprint density at radius 1 is 1.30 bits per heavy atom. The Morgan fingerprint density at radius 2 is 2.09 bits per heavy atom. The average molecular weight is 335 g/mol. The minimum atomic E-state index is -3.18. The highest BCUT2D eigenvalue weighted by Gasteiger charge is 2.46. The van der Waals surface area contributed by atoms with Gasteiger partial charge in [-0.15, -0.1) is 0 Å². The number of benzene rings is 1. The zero-order chi connectivity index (χ0) is 16.4. The van der Waals surface area contributed by atoms with Crippen LogP contribution in [0.5, 0.6) is 0 Å². The van der Waals surface area contributed by atoms with Crippen molar-refractivity contribution in [1.29, 1.82) is 0 Å². The highest BCUT2D eigenvalue weighted by molar-refractivity contribution is 7.88. The summed E-state index contributed by atoms with van der Waals surface area (Å²) < 4.78 is 40.7. The van der Waals surface area contributed by atoms with Crippen molar-refractivity contribution in [2.24, 2.45) is 13.0 Å². The van der Waals surface area contributed by atoms with Crippen LogP contribution in [0.4, 0.5) is 4.39 Å². The number of halogens is 1. The first-order valence-corrected chi connectivity index (χ1v) is 9.46. The zero-order valence-electron chi connectivity index (χ0n) is 13.0. The van der Waals surface area contributed by atoms with Gasteiger partial charge in [0.05, 0.1) is 11.9 Å². The molecule has 0 spiro atoms. The van der Waals surface area contributed by atoms with E-state index in [9.17, 15) is 12.8 Å². The van der Waals surface area contributed by atoms with Crippen LogP contribution in [0.25, 0.3) is 11.3 Å². The molecule has 1 aromatic heterocycles. The molecular weight excluding hydrogens is 317 g/mol. The summed E-state index contributed by atoms with van der Waals surface area (Å²) in [4.78, 5) is 0. The van der Waals surface area contributed by atoms with Crippen molar-refractivity contribution in [3.05, 3.63) is 41.3 Å². The molecule has 0 amide bonds. The molecule has 0 unspecified atom stereocenters. The van der Waals surface area contributed by atoms with E-state index < -0.39 is 10.0 Å². The lowest BCUT2D eigenvalue weighted by Crippen LogP contribution is -2.28. The number of nitrogens with zero attached hydrogens (tertiary/aromatic N) is 3. The highest BCUT2D eigenvalue weighted by atomic mass is 32.2. The summed E-state index contributed by atoms with van der Waals surface area (Å²) in [5.41, 5.74) is 3.77. The molecule has 2 heterocycles. The van der Waals surface area contributed by atoms with Crippen molar-refractivity contribution >= 4 is 10.0 Å². The van der Waals surface area contributed by atoms with E-state index in [2.05, 4.69) is 5.10 Å². The van der Waals surface area contributed by atoms with Crippen LogP contribution in [-0.4, -0.2) is 41.8 Å².